The predicted molar refractivity (Wildman–Crippen MR) is 119 cm³/mol. The van der Waals surface area contributed by atoms with Gasteiger partial charge in [-0.3, -0.25) is 4.79 Å². The number of hydrogen-bond donors (Lipinski definition) is 0. The summed E-state index contributed by atoms with van der Waals surface area (Å²) in [5, 5.41) is 1.11. The van der Waals surface area contributed by atoms with E-state index >= 15 is 0 Å². The first-order chi connectivity index (χ1) is 14.6. The summed E-state index contributed by atoms with van der Waals surface area (Å²) in [7, 11) is 1.59. The van der Waals surface area contributed by atoms with Gasteiger partial charge in [0, 0.05) is 31.1 Å². The number of hydrogen-bond acceptors (Lipinski definition) is 7. The molecule has 3 heterocycles. The van der Waals surface area contributed by atoms with Crippen molar-refractivity contribution >= 4 is 33.3 Å². The van der Waals surface area contributed by atoms with Gasteiger partial charge < -0.3 is 19.3 Å². The number of aryl methyl sites for hydroxylation is 2. The van der Waals surface area contributed by atoms with Crippen molar-refractivity contribution in [3.8, 4) is 11.5 Å². The Morgan fingerprint density at radius 1 is 1.13 bits per heavy atom. The molecule has 0 atom stereocenters. The van der Waals surface area contributed by atoms with Crippen LogP contribution in [0.3, 0.4) is 0 Å². The van der Waals surface area contributed by atoms with E-state index in [1.165, 1.54) is 4.88 Å². The van der Waals surface area contributed by atoms with Crippen LogP contribution in [0, 0.1) is 6.92 Å². The predicted octanol–water partition coefficient (Wildman–Crippen LogP) is 3.30. The number of fused-ring (bicyclic) bond motifs is 1. The second-order valence-corrected chi connectivity index (χ2v) is 8.30. The van der Waals surface area contributed by atoms with Crippen molar-refractivity contribution in [2.45, 2.75) is 20.3 Å². The monoisotopic (exact) mass is 426 g/mol. The van der Waals surface area contributed by atoms with Crippen LogP contribution < -0.4 is 14.4 Å². The molecule has 1 amide bonds. The number of methoxy groups -OCH3 is 1. The third-order valence-electron chi connectivity index (χ3n) is 5.24. The second kappa shape index (κ2) is 8.87. The molecule has 8 heteroatoms. The molecule has 1 aliphatic rings. The highest BCUT2D eigenvalue weighted by molar-refractivity contribution is 7.18. The van der Waals surface area contributed by atoms with Gasteiger partial charge in [0.2, 0.25) is 0 Å². The van der Waals surface area contributed by atoms with E-state index < -0.39 is 0 Å². The number of carbonyl (C=O) groups is 1. The minimum atomic E-state index is -0.0200. The van der Waals surface area contributed by atoms with Gasteiger partial charge in [0.25, 0.3) is 5.91 Å². The van der Waals surface area contributed by atoms with Crippen LogP contribution in [0.4, 0.5) is 5.82 Å². The van der Waals surface area contributed by atoms with Gasteiger partial charge in [-0.1, -0.05) is 19.1 Å². The number of benzene rings is 1. The summed E-state index contributed by atoms with van der Waals surface area (Å²) in [5.41, 5.74) is 0. The summed E-state index contributed by atoms with van der Waals surface area (Å²) in [6.07, 6.45) is 0.994. The zero-order valence-corrected chi connectivity index (χ0v) is 18.4. The van der Waals surface area contributed by atoms with Crippen molar-refractivity contribution in [3.05, 3.63) is 41.0 Å². The number of amides is 1. The quantitative estimate of drug-likeness (QED) is 0.603. The number of para-hydroxylation sites is 2. The lowest BCUT2D eigenvalue weighted by molar-refractivity contribution is -0.133. The molecule has 7 nitrogen and oxygen atoms in total. The fraction of sp³-hybridized carbons (Fsp3) is 0.409. The molecule has 0 N–H and O–H groups in total. The average Bonchev–Trinajstić information content (AvgIpc) is 3.20. The normalized spacial score (nSPS) is 14.2. The highest BCUT2D eigenvalue weighted by atomic mass is 32.1. The van der Waals surface area contributed by atoms with Crippen LogP contribution in [0.5, 0.6) is 11.5 Å². The summed E-state index contributed by atoms with van der Waals surface area (Å²) >= 11 is 1.73. The van der Waals surface area contributed by atoms with Gasteiger partial charge in [-0.2, -0.15) is 0 Å². The zero-order chi connectivity index (χ0) is 21.1. The van der Waals surface area contributed by atoms with Crippen molar-refractivity contribution in [1.82, 2.24) is 14.9 Å². The smallest absolute Gasteiger partial charge is 0.260 e. The molecule has 158 valence electrons. The molecule has 0 unspecified atom stereocenters. The highest BCUT2D eigenvalue weighted by Crippen LogP contribution is 2.32. The summed E-state index contributed by atoms with van der Waals surface area (Å²) in [6, 6.07) is 9.55. The minimum absolute atomic E-state index is 0.00161. The van der Waals surface area contributed by atoms with Gasteiger partial charge in [-0.05, 0) is 31.5 Å². The maximum absolute atomic E-state index is 12.6. The fourth-order valence-corrected chi connectivity index (χ4v) is 4.62. The van der Waals surface area contributed by atoms with E-state index in [1.807, 2.05) is 30.0 Å². The Bertz CT molecular complexity index is 1040. The maximum atomic E-state index is 12.6. The Morgan fingerprint density at radius 3 is 2.57 bits per heavy atom. The third-order valence-corrected chi connectivity index (χ3v) is 6.41. The third kappa shape index (κ3) is 4.18. The number of rotatable bonds is 6. The van der Waals surface area contributed by atoms with E-state index in [0.29, 0.717) is 24.6 Å². The molecule has 1 aliphatic heterocycles. The molecule has 0 aliphatic carbocycles. The number of anilines is 1. The highest BCUT2D eigenvalue weighted by Gasteiger charge is 2.24. The average molecular weight is 427 g/mol. The Labute approximate surface area is 180 Å². The lowest BCUT2D eigenvalue weighted by Crippen LogP contribution is -2.50. The summed E-state index contributed by atoms with van der Waals surface area (Å²) in [6.45, 7) is 6.85. The van der Waals surface area contributed by atoms with Crippen LogP contribution >= 0.6 is 11.3 Å². The van der Waals surface area contributed by atoms with Gasteiger partial charge >= 0.3 is 0 Å². The number of carbonyl (C=O) groups excluding carboxylic acids is 1. The SMILES string of the molecule is CCc1cc2c(N3CCN(C(=O)COc4ccccc4OC)CC3)nc(C)nc2s1. The lowest BCUT2D eigenvalue weighted by atomic mass is 10.2. The number of thiophene rings is 1. The van der Waals surface area contributed by atoms with E-state index in [4.69, 9.17) is 14.5 Å². The van der Waals surface area contributed by atoms with Crippen molar-refractivity contribution in [2.24, 2.45) is 0 Å². The molecule has 30 heavy (non-hydrogen) atoms. The van der Waals surface area contributed by atoms with E-state index in [2.05, 4.69) is 22.9 Å². The number of ether oxygens (including phenoxy) is 2. The molecule has 4 rings (SSSR count). The number of aromatic nitrogens is 2. The number of nitrogens with zero attached hydrogens (tertiary/aromatic N) is 4. The van der Waals surface area contributed by atoms with E-state index in [1.54, 1.807) is 24.5 Å². The Balaban J connectivity index is 1.40. The molecule has 1 fully saturated rings. The molecule has 0 radical (unpaired) electrons. The summed E-state index contributed by atoms with van der Waals surface area (Å²) in [4.78, 5) is 28.4. The largest absolute Gasteiger partial charge is 0.493 e. The van der Waals surface area contributed by atoms with Gasteiger partial charge in [0.15, 0.2) is 18.1 Å². The first-order valence-corrected chi connectivity index (χ1v) is 11.0. The maximum Gasteiger partial charge on any atom is 0.260 e. The first-order valence-electron chi connectivity index (χ1n) is 10.1. The summed E-state index contributed by atoms with van der Waals surface area (Å²) in [5.74, 6) is 2.94. The van der Waals surface area contributed by atoms with Crippen LogP contribution in [0.2, 0.25) is 0 Å². The minimum Gasteiger partial charge on any atom is -0.493 e. The molecule has 3 aromatic rings. The van der Waals surface area contributed by atoms with Crippen molar-refractivity contribution in [1.29, 1.82) is 0 Å². The Kier molecular flexibility index (Phi) is 6.03. The van der Waals surface area contributed by atoms with Crippen molar-refractivity contribution in [3.63, 3.8) is 0 Å². The van der Waals surface area contributed by atoms with Gasteiger partial charge in [-0.25, -0.2) is 9.97 Å². The van der Waals surface area contributed by atoms with Crippen molar-refractivity contribution < 1.29 is 14.3 Å². The van der Waals surface area contributed by atoms with E-state index in [0.717, 1.165) is 41.4 Å². The van der Waals surface area contributed by atoms with E-state index in [-0.39, 0.29) is 12.5 Å². The van der Waals surface area contributed by atoms with Crippen LogP contribution in [0.1, 0.15) is 17.6 Å². The standard InChI is InChI=1S/C22H26N4O3S/c1-4-16-13-17-21(23-15(2)24-22(17)30-16)26-11-9-25(10-12-26)20(27)14-29-19-8-6-5-7-18(19)28-3/h5-8,13H,4,9-12,14H2,1-3H3. The molecule has 0 spiro atoms. The van der Waals surface area contributed by atoms with Crippen LogP contribution in [0.25, 0.3) is 10.2 Å². The molecular weight excluding hydrogens is 400 g/mol. The van der Waals surface area contributed by atoms with Crippen molar-refractivity contribution in [2.75, 3.05) is 44.8 Å². The van der Waals surface area contributed by atoms with Crippen LogP contribution in [-0.4, -0.2) is 60.7 Å². The summed E-state index contributed by atoms with van der Waals surface area (Å²) < 4.78 is 11.0. The molecule has 1 saturated heterocycles. The number of piperazine rings is 1. The Morgan fingerprint density at radius 2 is 1.87 bits per heavy atom. The molecule has 0 saturated carbocycles. The zero-order valence-electron chi connectivity index (χ0n) is 17.6. The fourth-order valence-electron chi connectivity index (χ4n) is 3.61. The molecule has 2 aromatic heterocycles. The molecule has 1 aromatic carbocycles. The van der Waals surface area contributed by atoms with Crippen LogP contribution in [0.15, 0.2) is 30.3 Å². The van der Waals surface area contributed by atoms with Gasteiger partial charge in [0.1, 0.15) is 16.5 Å². The molecular formula is C22H26N4O3S. The van der Waals surface area contributed by atoms with Crippen LogP contribution in [-0.2, 0) is 11.2 Å². The molecule has 0 bridgehead atoms. The topological polar surface area (TPSA) is 67.8 Å². The lowest BCUT2D eigenvalue weighted by Gasteiger charge is -2.35. The van der Waals surface area contributed by atoms with Gasteiger partial charge in [0.05, 0.1) is 12.5 Å². The first kappa shape index (κ1) is 20.4. The second-order valence-electron chi connectivity index (χ2n) is 7.19. The van der Waals surface area contributed by atoms with E-state index in [9.17, 15) is 4.79 Å². The van der Waals surface area contributed by atoms with Gasteiger partial charge in [-0.15, -0.1) is 11.3 Å². The Hall–Kier alpha value is -2.87.